The summed E-state index contributed by atoms with van der Waals surface area (Å²) in [5.74, 6) is -0.297. The Hall–Kier alpha value is -3.11. The van der Waals surface area contributed by atoms with Crippen molar-refractivity contribution < 1.29 is 27.5 Å². The van der Waals surface area contributed by atoms with Gasteiger partial charge in [-0.2, -0.15) is 4.31 Å². The summed E-state index contributed by atoms with van der Waals surface area (Å²) in [5.41, 5.74) is 5.61. The number of hydrogen-bond donors (Lipinski definition) is 2. The van der Waals surface area contributed by atoms with Crippen molar-refractivity contribution in [2.24, 2.45) is 0 Å². The summed E-state index contributed by atoms with van der Waals surface area (Å²) >= 11 is 0. The van der Waals surface area contributed by atoms with Crippen LogP contribution >= 0.6 is 0 Å². The monoisotopic (exact) mass is 405 g/mol. The van der Waals surface area contributed by atoms with Crippen molar-refractivity contribution >= 4 is 21.8 Å². The first kappa shape index (κ1) is 19.6. The van der Waals surface area contributed by atoms with Crippen LogP contribution in [-0.2, 0) is 14.8 Å². The van der Waals surface area contributed by atoms with Crippen LogP contribution in [0.15, 0.2) is 47.4 Å². The van der Waals surface area contributed by atoms with Crippen LogP contribution in [0.2, 0.25) is 0 Å². The molecule has 0 aromatic heterocycles. The van der Waals surface area contributed by atoms with Crippen LogP contribution in [0.25, 0.3) is 0 Å². The Morgan fingerprint density at radius 3 is 2.43 bits per heavy atom. The smallest absolute Gasteiger partial charge is 0.269 e. The second-order valence-electron chi connectivity index (χ2n) is 6.14. The van der Waals surface area contributed by atoms with E-state index < -0.39 is 28.4 Å². The van der Waals surface area contributed by atoms with E-state index in [-0.39, 0.29) is 17.3 Å². The third kappa shape index (κ3) is 4.24. The molecular weight excluding hydrogens is 386 g/mol. The first-order valence-electron chi connectivity index (χ1n) is 8.29. The molecular formula is C18H19N3O6S. The number of aryl methyl sites for hydroxylation is 1. The van der Waals surface area contributed by atoms with E-state index in [2.05, 4.69) is 10.9 Å². The van der Waals surface area contributed by atoms with E-state index in [0.29, 0.717) is 11.5 Å². The van der Waals surface area contributed by atoms with Crippen LogP contribution in [0.3, 0.4) is 0 Å². The molecule has 3 rings (SSSR count). The largest absolute Gasteiger partial charge is 0.454 e. The van der Waals surface area contributed by atoms with Crippen LogP contribution < -0.4 is 20.3 Å². The second kappa shape index (κ2) is 7.87. The SMILES string of the molecule is Cc1ccc(S(=O)(=O)N(C)CC(=O)NNC(=O)c2ccc3c(c2)OCO3)cc1. The fraction of sp³-hybridized carbons (Fsp3) is 0.222. The number of nitrogens with one attached hydrogen (secondary N) is 2. The number of amides is 2. The van der Waals surface area contributed by atoms with Gasteiger partial charge in [-0.05, 0) is 37.3 Å². The molecule has 148 valence electrons. The molecule has 0 fully saturated rings. The summed E-state index contributed by atoms with van der Waals surface area (Å²) in [7, 11) is -2.53. The summed E-state index contributed by atoms with van der Waals surface area (Å²) in [4.78, 5) is 24.2. The van der Waals surface area contributed by atoms with Crippen molar-refractivity contribution in [3.8, 4) is 11.5 Å². The van der Waals surface area contributed by atoms with Gasteiger partial charge >= 0.3 is 0 Å². The summed E-state index contributed by atoms with van der Waals surface area (Å²) in [6.07, 6.45) is 0. The van der Waals surface area contributed by atoms with Gasteiger partial charge in [-0.25, -0.2) is 8.42 Å². The van der Waals surface area contributed by atoms with Gasteiger partial charge < -0.3 is 9.47 Å². The van der Waals surface area contributed by atoms with E-state index in [1.54, 1.807) is 18.2 Å². The number of likely N-dealkylation sites (N-methyl/N-ethyl adjacent to an activating group) is 1. The van der Waals surface area contributed by atoms with Crippen LogP contribution in [0, 0.1) is 6.92 Å². The van der Waals surface area contributed by atoms with Gasteiger partial charge in [-0.15, -0.1) is 0 Å². The molecule has 1 heterocycles. The molecule has 28 heavy (non-hydrogen) atoms. The molecule has 1 aliphatic heterocycles. The predicted molar refractivity (Wildman–Crippen MR) is 99.2 cm³/mol. The van der Waals surface area contributed by atoms with E-state index >= 15 is 0 Å². The quantitative estimate of drug-likeness (QED) is 0.712. The number of carbonyl (C=O) groups excluding carboxylic acids is 2. The highest BCUT2D eigenvalue weighted by atomic mass is 32.2. The van der Waals surface area contributed by atoms with E-state index in [4.69, 9.17) is 9.47 Å². The summed E-state index contributed by atoms with van der Waals surface area (Å²) in [6, 6.07) is 10.9. The molecule has 2 aromatic carbocycles. The van der Waals surface area contributed by atoms with E-state index in [1.807, 2.05) is 6.92 Å². The highest BCUT2D eigenvalue weighted by molar-refractivity contribution is 7.89. The standard InChI is InChI=1S/C18H19N3O6S/c1-12-3-6-14(7-4-12)28(24,25)21(2)10-17(22)19-20-18(23)13-5-8-15-16(9-13)27-11-26-15/h3-9H,10-11H2,1-2H3,(H,19,22)(H,20,23). The zero-order valence-electron chi connectivity index (χ0n) is 15.3. The first-order valence-corrected chi connectivity index (χ1v) is 9.73. The average molecular weight is 405 g/mol. The van der Waals surface area contributed by atoms with Crippen LogP contribution in [0.5, 0.6) is 11.5 Å². The molecule has 10 heteroatoms. The Kier molecular flexibility index (Phi) is 5.52. The van der Waals surface area contributed by atoms with Crippen LogP contribution in [0.1, 0.15) is 15.9 Å². The summed E-state index contributed by atoms with van der Waals surface area (Å²) in [5, 5.41) is 0. The summed E-state index contributed by atoms with van der Waals surface area (Å²) < 4.78 is 36.2. The van der Waals surface area contributed by atoms with Crippen molar-refractivity contribution in [3.63, 3.8) is 0 Å². The molecule has 0 saturated heterocycles. The first-order chi connectivity index (χ1) is 13.3. The molecule has 2 aromatic rings. The minimum atomic E-state index is -3.82. The van der Waals surface area contributed by atoms with Gasteiger partial charge in [-0.3, -0.25) is 20.4 Å². The number of carbonyl (C=O) groups is 2. The van der Waals surface area contributed by atoms with E-state index in [0.717, 1.165) is 9.87 Å². The van der Waals surface area contributed by atoms with Crippen molar-refractivity contribution in [1.82, 2.24) is 15.2 Å². The molecule has 2 amide bonds. The lowest BCUT2D eigenvalue weighted by Gasteiger charge is -2.17. The molecule has 2 N–H and O–H groups in total. The molecule has 0 unspecified atom stereocenters. The lowest BCUT2D eigenvalue weighted by molar-refractivity contribution is -0.121. The maximum Gasteiger partial charge on any atom is 0.269 e. The van der Waals surface area contributed by atoms with Gasteiger partial charge in [0.25, 0.3) is 11.8 Å². The highest BCUT2D eigenvalue weighted by Crippen LogP contribution is 2.32. The topological polar surface area (TPSA) is 114 Å². The number of hydrazine groups is 1. The van der Waals surface area contributed by atoms with Gasteiger partial charge in [0.05, 0.1) is 11.4 Å². The van der Waals surface area contributed by atoms with Gasteiger partial charge in [0, 0.05) is 12.6 Å². The number of benzene rings is 2. The number of rotatable bonds is 5. The van der Waals surface area contributed by atoms with Crippen LogP contribution in [-0.4, -0.2) is 44.9 Å². The number of fused-ring (bicyclic) bond motifs is 1. The molecule has 9 nitrogen and oxygen atoms in total. The van der Waals surface area contributed by atoms with E-state index in [9.17, 15) is 18.0 Å². The molecule has 0 radical (unpaired) electrons. The zero-order chi connectivity index (χ0) is 20.3. The molecule has 0 atom stereocenters. The Labute approximate surface area is 162 Å². The Morgan fingerprint density at radius 2 is 1.71 bits per heavy atom. The predicted octanol–water partition coefficient (Wildman–Crippen LogP) is 0.805. The third-order valence-electron chi connectivity index (χ3n) is 4.05. The zero-order valence-corrected chi connectivity index (χ0v) is 16.1. The van der Waals surface area contributed by atoms with Crippen molar-refractivity contribution in [2.75, 3.05) is 20.4 Å². The number of nitrogens with zero attached hydrogens (tertiary/aromatic N) is 1. The lowest BCUT2D eigenvalue weighted by Crippen LogP contribution is -2.46. The lowest BCUT2D eigenvalue weighted by atomic mass is 10.2. The molecule has 1 aliphatic rings. The van der Waals surface area contributed by atoms with Crippen molar-refractivity contribution in [3.05, 3.63) is 53.6 Å². The number of ether oxygens (including phenoxy) is 2. The molecule has 0 bridgehead atoms. The fourth-order valence-electron chi connectivity index (χ4n) is 2.45. The maximum absolute atomic E-state index is 12.5. The average Bonchev–Trinajstić information content (AvgIpc) is 3.14. The minimum Gasteiger partial charge on any atom is -0.454 e. The van der Waals surface area contributed by atoms with Gasteiger partial charge in [0.2, 0.25) is 16.8 Å². The molecule has 0 spiro atoms. The van der Waals surface area contributed by atoms with Crippen molar-refractivity contribution in [1.29, 1.82) is 0 Å². The Balaban J connectivity index is 1.56. The molecule has 0 saturated carbocycles. The normalized spacial score (nSPS) is 12.7. The third-order valence-corrected chi connectivity index (χ3v) is 5.86. The summed E-state index contributed by atoms with van der Waals surface area (Å²) in [6.45, 7) is 1.47. The van der Waals surface area contributed by atoms with Gasteiger partial charge in [0.15, 0.2) is 11.5 Å². The fourth-order valence-corrected chi connectivity index (χ4v) is 3.58. The maximum atomic E-state index is 12.5. The Bertz CT molecular complexity index is 1000. The van der Waals surface area contributed by atoms with E-state index in [1.165, 1.54) is 31.3 Å². The van der Waals surface area contributed by atoms with Crippen LogP contribution in [0.4, 0.5) is 0 Å². The second-order valence-corrected chi connectivity index (χ2v) is 8.19. The van der Waals surface area contributed by atoms with Gasteiger partial charge in [0.1, 0.15) is 0 Å². The minimum absolute atomic E-state index is 0.0813. The molecule has 0 aliphatic carbocycles. The van der Waals surface area contributed by atoms with Gasteiger partial charge in [-0.1, -0.05) is 17.7 Å². The number of sulfonamides is 1. The number of hydrogen-bond acceptors (Lipinski definition) is 6. The van der Waals surface area contributed by atoms with Crippen molar-refractivity contribution in [2.45, 2.75) is 11.8 Å². The highest BCUT2D eigenvalue weighted by Gasteiger charge is 2.23. The Morgan fingerprint density at radius 1 is 1.04 bits per heavy atom.